The van der Waals surface area contributed by atoms with Crippen LogP contribution in [0.4, 0.5) is 0 Å². The zero-order valence-electron chi connectivity index (χ0n) is 32.9. The lowest BCUT2D eigenvalue weighted by molar-refractivity contribution is 0.669. The van der Waals surface area contributed by atoms with Crippen LogP contribution in [0.3, 0.4) is 0 Å². The number of rotatable bonds is 4. The molecule has 0 aliphatic heterocycles. The molecule has 1 heterocycles. The highest BCUT2D eigenvalue weighted by Gasteiger charge is 2.23. The predicted molar refractivity (Wildman–Crippen MR) is 190 cm³/mol. The minimum atomic E-state index is -0.485. The maximum absolute atomic E-state index is 9.34. The van der Waals surface area contributed by atoms with Crippen LogP contribution in [-0.4, -0.2) is 0 Å². The fourth-order valence-electron chi connectivity index (χ4n) is 6.67. The van der Waals surface area contributed by atoms with Crippen LogP contribution >= 0.6 is 0 Å². The van der Waals surface area contributed by atoms with E-state index in [0.29, 0.717) is 49.9 Å². The molecule has 0 N–H and O–H groups in total. The average molecular weight is 582 g/mol. The number of furan rings is 1. The van der Waals surface area contributed by atoms with E-state index in [9.17, 15) is 1.37 Å². The topological polar surface area (TPSA) is 13.1 Å². The van der Waals surface area contributed by atoms with Gasteiger partial charge in [-0.05, 0) is 78.7 Å². The first-order valence-corrected chi connectivity index (χ1v) is 14.7. The summed E-state index contributed by atoms with van der Waals surface area (Å²) in [6.07, 6.45) is 0. The van der Waals surface area contributed by atoms with Gasteiger partial charge in [-0.1, -0.05) is 151 Å². The maximum atomic E-state index is 9.34. The monoisotopic (exact) mass is 581 g/mol. The van der Waals surface area contributed by atoms with Crippen molar-refractivity contribution < 1.29 is 16.8 Å². The second kappa shape index (κ2) is 10.4. The van der Waals surface area contributed by atoms with Crippen molar-refractivity contribution in [2.24, 2.45) is 0 Å². The van der Waals surface area contributed by atoms with Crippen LogP contribution in [0, 0.1) is 0 Å². The van der Waals surface area contributed by atoms with Gasteiger partial charge in [0.15, 0.2) is 0 Å². The molecule has 1 aromatic heterocycles. The summed E-state index contributed by atoms with van der Waals surface area (Å²) in [4.78, 5) is 0. The van der Waals surface area contributed by atoms with Gasteiger partial charge < -0.3 is 4.42 Å². The van der Waals surface area contributed by atoms with Crippen LogP contribution < -0.4 is 0 Å². The normalized spacial score (nSPS) is 14.4. The first-order chi connectivity index (χ1) is 26.1. The lowest BCUT2D eigenvalue weighted by Gasteiger charge is -2.21. The number of para-hydroxylation sites is 1. The Kier molecular flexibility index (Phi) is 4.15. The summed E-state index contributed by atoms with van der Waals surface area (Å²) in [5, 5.41) is 4.28. The molecule has 0 saturated carbocycles. The van der Waals surface area contributed by atoms with Crippen molar-refractivity contribution in [1.29, 1.82) is 0 Å². The molecule has 1 nitrogen and oxygen atoms in total. The Balaban J connectivity index is 1.51. The van der Waals surface area contributed by atoms with Crippen molar-refractivity contribution >= 4 is 43.5 Å². The Labute approximate surface area is 274 Å². The van der Waals surface area contributed by atoms with Gasteiger partial charge in [-0.15, -0.1) is 0 Å². The highest BCUT2D eigenvalue weighted by Crippen LogP contribution is 2.50. The van der Waals surface area contributed by atoms with Gasteiger partial charge in [0, 0.05) is 16.3 Å². The fraction of sp³-hybridized carbons (Fsp3) is 0. The molecular weight excluding hydrogens is 544 g/mol. The molecule has 0 aliphatic carbocycles. The third kappa shape index (κ3) is 4.02. The summed E-state index contributed by atoms with van der Waals surface area (Å²) in [5.74, 6) is 0. The van der Waals surface area contributed by atoms with Crippen molar-refractivity contribution in [2.45, 2.75) is 0 Å². The van der Waals surface area contributed by atoms with E-state index < -0.39 is 18.1 Å². The van der Waals surface area contributed by atoms with Gasteiger partial charge in [-0.2, -0.15) is 0 Å². The molecule has 0 atom stereocenters. The van der Waals surface area contributed by atoms with E-state index in [-0.39, 0.29) is 41.8 Å². The third-order valence-corrected chi connectivity index (χ3v) is 8.49. The van der Waals surface area contributed by atoms with Crippen LogP contribution in [0.25, 0.3) is 88.0 Å². The second-order valence-electron chi connectivity index (χ2n) is 10.9. The minimum absolute atomic E-state index is 0.0499. The first-order valence-electron chi connectivity index (χ1n) is 19.2. The number of fused-ring (bicyclic) bond motifs is 5. The van der Waals surface area contributed by atoms with Crippen molar-refractivity contribution in [3.8, 4) is 44.5 Å². The minimum Gasteiger partial charge on any atom is -0.456 e. The Morgan fingerprint density at radius 3 is 1.56 bits per heavy atom. The molecule has 0 bridgehead atoms. The van der Waals surface area contributed by atoms with Crippen molar-refractivity contribution in [2.75, 3.05) is 0 Å². The Bertz CT molecular complexity index is 2960. The number of benzene rings is 8. The Morgan fingerprint density at radius 1 is 0.356 bits per heavy atom. The van der Waals surface area contributed by atoms with E-state index in [2.05, 4.69) is 0 Å². The zero-order chi connectivity index (χ0) is 37.6. The van der Waals surface area contributed by atoms with E-state index in [1.165, 1.54) is 0 Å². The van der Waals surface area contributed by atoms with Crippen molar-refractivity contribution in [3.05, 3.63) is 170 Å². The highest BCUT2D eigenvalue weighted by atomic mass is 16.3. The molecule has 0 unspecified atom stereocenters. The van der Waals surface area contributed by atoms with Crippen LogP contribution in [0.2, 0.25) is 0 Å². The van der Waals surface area contributed by atoms with E-state index in [4.69, 9.17) is 15.4 Å². The molecular formula is C44H28O. The summed E-state index contributed by atoms with van der Waals surface area (Å²) < 4.78 is 86.1. The number of hydrogen-bond acceptors (Lipinski definition) is 1. The summed E-state index contributed by atoms with van der Waals surface area (Å²) in [5.41, 5.74) is 4.97. The van der Waals surface area contributed by atoms with Gasteiger partial charge in [-0.25, -0.2) is 0 Å². The summed E-state index contributed by atoms with van der Waals surface area (Å²) in [7, 11) is 0. The molecule has 9 rings (SSSR count). The second-order valence-corrected chi connectivity index (χ2v) is 10.9. The molecule has 0 aliphatic rings. The molecule has 0 radical (unpaired) electrons. The molecule has 210 valence electrons. The highest BCUT2D eigenvalue weighted by molar-refractivity contribution is 6.25. The zero-order valence-corrected chi connectivity index (χ0v) is 23.9. The number of hydrogen-bond donors (Lipinski definition) is 0. The van der Waals surface area contributed by atoms with Gasteiger partial charge in [0.2, 0.25) is 0 Å². The van der Waals surface area contributed by atoms with Crippen LogP contribution in [0.1, 0.15) is 12.3 Å². The molecule has 9 aromatic rings. The van der Waals surface area contributed by atoms with Crippen LogP contribution in [0.5, 0.6) is 0 Å². The Morgan fingerprint density at radius 2 is 0.889 bits per heavy atom. The Hall–Kier alpha value is -5.92. The van der Waals surface area contributed by atoms with Crippen LogP contribution in [-0.2, 0) is 0 Å². The standard InChI is InChI=1S/C44H28O/c1-3-15-29(16-4-1)31-19-7-8-20-32(31)42-33-21-9-11-23-35(33)43(36-24-12-10-22-34(36)42)38-27-28-40-44(37-25-13-14-26-39(37)45-40)41(38)30-17-5-2-6-18-30/h1-28H/i2D,5D,6D,7D,8D,17D,18D,19D,20D. The third-order valence-electron chi connectivity index (χ3n) is 8.49. The fourth-order valence-corrected chi connectivity index (χ4v) is 6.67. The van der Waals surface area contributed by atoms with Gasteiger partial charge in [0.1, 0.15) is 11.2 Å². The largest absolute Gasteiger partial charge is 0.456 e. The molecule has 0 fully saturated rings. The summed E-state index contributed by atoms with van der Waals surface area (Å²) >= 11 is 0. The quantitative estimate of drug-likeness (QED) is 0.188. The molecule has 8 aromatic carbocycles. The molecule has 1 heteroatoms. The predicted octanol–water partition coefficient (Wildman–Crippen LogP) is 12.6. The van der Waals surface area contributed by atoms with E-state index >= 15 is 0 Å². The van der Waals surface area contributed by atoms with Gasteiger partial charge in [0.25, 0.3) is 0 Å². The van der Waals surface area contributed by atoms with E-state index in [1.807, 2.05) is 115 Å². The van der Waals surface area contributed by atoms with Gasteiger partial charge in [-0.3, -0.25) is 0 Å². The lowest BCUT2D eigenvalue weighted by atomic mass is 9.81. The van der Waals surface area contributed by atoms with Crippen molar-refractivity contribution in [1.82, 2.24) is 0 Å². The summed E-state index contributed by atoms with van der Waals surface area (Å²) in [6.45, 7) is 0. The first kappa shape index (κ1) is 18.0. The maximum Gasteiger partial charge on any atom is 0.136 e. The molecule has 0 spiro atoms. The van der Waals surface area contributed by atoms with E-state index in [1.54, 1.807) is 0 Å². The molecule has 0 saturated heterocycles. The SMILES string of the molecule is [2H]c1c([2H])c([2H])c(-c2c(-c3c4ccccc4c(-c4c([2H])c([2H])c([2H])c([2H])c4-c4ccccc4)c4ccccc34)ccc3oc4ccccc4c23)c([2H])c1[2H]. The molecule has 45 heavy (non-hydrogen) atoms. The smallest absolute Gasteiger partial charge is 0.136 e. The lowest BCUT2D eigenvalue weighted by Crippen LogP contribution is -1.94. The summed E-state index contributed by atoms with van der Waals surface area (Å²) in [6, 6.07) is 32.8. The van der Waals surface area contributed by atoms with Gasteiger partial charge >= 0.3 is 0 Å². The van der Waals surface area contributed by atoms with Gasteiger partial charge in [0.05, 0.1) is 12.3 Å². The van der Waals surface area contributed by atoms with Crippen LogP contribution in [0.15, 0.2) is 174 Å². The van der Waals surface area contributed by atoms with E-state index in [0.717, 1.165) is 32.5 Å². The van der Waals surface area contributed by atoms with Crippen molar-refractivity contribution in [3.63, 3.8) is 0 Å². The molecule has 0 amide bonds. The average Bonchev–Trinajstić information content (AvgIpc) is 3.58.